The van der Waals surface area contributed by atoms with E-state index in [0.29, 0.717) is 38.5 Å². The third kappa shape index (κ3) is 9.35. The van der Waals surface area contributed by atoms with Crippen molar-refractivity contribution in [3.63, 3.8) is 0 Å². The zero-order valence-corrected chi connectivity index (χ0v) is 44.2. The van der Waals surface area contributed by atoms with E-state index in [1.165, 1.54) is 0 Å². The lowest BCUT2D eigenvalue weighted by Crippen LogP contribution is -2.62. The molecule has 0 aromatic heterocycles. The molecule has 8 aliphatic rings. The lowest BCUT2D eigenvalue weighted by Gasteiger charge is -2.60. The van der Waals surface area contributed by atoms with Crippen molar-refractivity contribution in [2.75, 3.05) is 13.2 Å². The van der Waals surface area contributed by atoms with E-state index in [1.807, 2.05) is 67.5 Å². The van der Waals surface area contributed by atoms with E-state index >= 15 is 0 Å². The molecular weight excluding hydrogens is 921 g/mol. The molecule has 0 aromatic carbocycles. The Bertz CT molecular complexity index is 2260. The van der Waals surface area contributed by atoms with Gasteiger partial charge in [0, 0.05) is 33.5 Å². The molecule has 6 saturated carbocycles. The maximum atomic E-state index is 14.1. The molecule has 0 radical (unpaired) electrons. The van der Waals surface area contributed by atoms with E-state index in [2.05, 4.69) is 13.8 Å². The molecule has 0 aromatic rings. The van der Waals surface area contributed by atoms with Crippen LogP contribution in [0.25, 0.3) is 0 Å². The lowest BCUT2D eigenvalue weighted by atomic mass is 9.46. The highest BCUT2D eigenvalue weighted by Gasteiger charge is 2.71. The molecule has 2 unspecified atom stereocenters. The molecular formula is C58H78O14. The van der Waals surface area contributed by atoms with Gasteiger partial charge in [-0.15, -0.1) is 0 Å². The van der Waals surface area contributed by atoms with Crippen molar-refractivity contribution in [1.82, 2.24) is 0 Å². The van der Waals surface area contributed by atoms with Crippen molar-refractivity contribution in [3.8, 4) is 0 Å². The Morgan fingerprint density at radius 2 is 0.931 bits per heavy atom. The van der Waals surface area contributed by atoms with E-state index in [-0.39, 0.29) is 108 Å². The molecule has 6 fully saturated rings. The first-order valence-corrected chi connectivity index (χ1v) is 26.5. The summed E-state index contributed by atoms with van der Waals surface area (Å²) in [5.74, 6) is -4.73. The number of carbonyl (C=O) groups excluding carboxylic acids is 8. The van der Waals surface area contributed by atoms with Crippen LogP contribution in [0, 0.1) is 68.0 Å². The van der Waals surface area contributed by atoms with Crippen LogP contribution in [0.2, 0.25) is 0 Å². The SMILES string of the molecule is CC(C)(C)CC(=O)OC1C[C@@]2(C)[C@@H](CC[C@]2(O)C(=O)COC(=O)CCC(=O)OCC(=O)[C@@]2(O)CC[C@H]3[C@@H]4CCC5=CC(=O)C=C[C@]5(C)[C@H]4C(OC(=O)CC(C)(C)C)C[C@@]32C)[C@@H]2CCC3=CC(=O)C=C[C@]3(C)[C@@H]12. The molecule has 72 heavy (non-hydrogen) atoms. The molecule has 394 valence electrons. The monoisotopic (exact) mass is 999 g/mol. The Morgan fingerprint density at radius 3 is 1.28 bits per heavy atom. The Morgan fingerprint density at radius 1 is 0.569 bits per heavy atom. The van der Waals surface area contributed by atoms with Crippen LogP contribution < -0.4 is 0 Å². The predicted molar refractivity (Wildman–Crippen MR) is 263 cm³/mol. The van der Waals surface area contributed by atoms with Crippen LogP contribution >= 0.6 is 0 Å². The van der Waals surface area contributed by atoms with E-state index in [9.17, 15) is 48.6 Å². The van der Waals surface area contributed by atoms with Crippen LogP contribution in [-0.2, 0) is 57.3 Å². The fraction of sp³-hybridized carbons (Fsp3) is 0.724. The molecule has 8 aliphatic carbocycles. The van der Waals surface area contributed by atoms with Gasteiger partial charge in [-0.1, -0.05) is 92.5 Å². The Labute approximate surface area is 424 Å². The molecule has 14 atom stereocenters. The summed E-state index contributed by atoms with van der Waals surface area (Å²) in [6.45, 7) is 18.1. The topological polar surface area (TPSA) is 214 Å². The number of hydrogen-bond acceptors (Lipinski definition) is 14. The first-order chi connectivity index (χ1) is 33.4. The number of allylic oxidation sites excluding steroid dienone is 8. The van der Waals surface area contributed by atoms with Crippen LogP contribution in [0.5, 0.6) is 0 Å². The third-order valence-electron chi connectivity index (χ3n) is 19.4. The molecule has 0 bridgehead atoms. The second kappa shape index (κ2) is 18.7. The van der Waals surface area contributed by atoms with Gasteiger partial charge >= 0.3 is 23.9 Å². The summed E-state index contributed by atoms with van der Waals surface area (Å²) in [5, 5.41) is 24.9. The number of esters is 4. The quantitative estimate of drug-likeness (QED) is 0.132. The highest BCUT2D eigenvalue weighted by atomic mass is 16.6. The fourth-order valence-corrected chi connectivity index (χ4v) is 15.9. The molecule has 0 amide bonds. The predicted octanol–water partition coefficient (Wildman–Crippen LogP) is 7.99. The molecule has 0 saturated heterocycles. The largest absolute Gasteiger partial charge is 0.462 e. The summed E-state index contributed by atoms with van der Waals surface area (Å²) < 4.78 is 23.5. The zero-order chi connectivity index (χ0) is 52.8. The van der Waals surface area contributed by atoms with Crippen LogP contribution in [-0.4, -0.2) is 93.8 Å². The van der Waals surface area contributed by atoms with Crippen molar-refractivity contribution in [2.45, 2.75) is 183 Å². The second-order valence-electron chi connectivity index (χ2n) is 26.3. The van der Waals surface area contributed by atoms with Crippen molar-refractivity contribution in [2.24, 2.45) is 68.0 Å². The number of ketones is 4. The normalized spacial score (nSPS) is 39.7. The molecule has 8 rings (SSSR count). The minimum atomic E-state index is -1.90. The summed E-state index contributed by atoms with van der Waals surface area (Å²) in [6.07, 6.45) is 12.8. The number of ether oxygens (including phenoxy) is 4. The van der Waals surface area contributed by atoms with Gasteiger partial charge in [0.15, 0.2) is 24.8 Å². The molecule has 14 nitrogen and oxygen atoms in total. The van der Waals surface area contributed by atoms with Crippen molar-refractivity contribution in [1.29, 1.82) is 0 Å². The number of carbonyl (C=O) groups is 8. The van der Waals surface area contributed by atoms with E-state index < -0.39 is 94.6 Å². The Hall–Kier alpha value is -4.56. The molecule has 0 spiro atoms. The first kappa shape index (κ1) is 53.7. The minimum absolute atomic E-state index is 0.0400. The van der Waals surface area contributed by atoms with Gasteiger partial charge < -0.3 is 29.2 Å². The number of Topliss-reactive ketones (excluding diaryl/α,β-unsaturated/α-hetero) is 2. The molecule has 14 heteroatoms. The van der Waals surface area contributed by atoms with Crippen LogP contribution in [0.15, 0.2) is 47.6 Å². The van der Waals surface area contributed by atoms with Crippen molar-refractivity contribution < 1.29 is 67.5 Å². The Balaban J connectivity index is 0.885. The highest BCUT2D eigenvalue weighted by molar-refractivity contribution is 6.02. The average molecular weight is 999 g/mol. The summed E-state index contributed by atoms with van der Waals surface area (Å²) in [5.41, 5.74) is -5.69. The van der Waals surface area contributed by atoms with Crippen LogP contribution in [0.1, 0.15) is 159 Å². The van der Waals surface area contributed by atoms with Gasteiger partial charge in [-0.05, 0) is 123 Å². The zero-order valence-electron chi connectivity index (χ0n) is 44.2. The van der Waals surface area contributed by atoms with E-state index in [1.54, 1.807) is 24.3 Å². The van der Waals surface area contributed by atoms with Crippen molar-refractivity contribution in [3.05, 3.63) is 47.6 Å². The maximum absolute atomic E-state index is 14.1. The lowest BCUT2D eigenvalue weighted by molar-refractivity contribution is -0.195. The van der Waals surface area contributed by atoms with E-state index in [4.69, 9.17) is 18.9 Å². The van der Waals surface area contributed by atoms with E-state index in [0.717, 1.165) is 11.1 Å². The summed E-state index contributed by atoms with van der Waals surface area (Å²) >= 11 is 0. The average Bonchev–Trinajstić information content (AvgIpc) is 3.71. The molecule has 0 heterocycles. The first-order valence-electron chi connectivity index (χ1n) is 26.5. The third-order valence-corrected chi connectivity index (χ3v) is 19.4. The maximum Gasteiger partial charge on any atom is 0.306 e. The summed E-state index contributed by atoms with van der Waals surface area (Å²) in [7, 11) is 0. The number of fused-ring (bicyclic) bond motifs is 10. The van der Waals surface area contributed by atoms with Crippen LogP contribution in [0.4, 0.5) is 0 Å². The van der Waals surface area contributed by atoms with Crippen molar-refractivity contribution >= 4 is 47.0 Å². The molecule has 2 N–H and O–H groups in total. The van der Waals surface area contributed by atoms with Gasteiger partial charge in [-0.2, -0.15) is 0 Å². The smallest absolute Gasteiger partial charge is 0.306 e. The van der Waals surface area contributed by atoms with Gasteiger partial charge in [-0.3, -0.25) is 38.4 Å². The molecule has 0 aliphatic heterocycles. The summed E-state index contributed by atoms with van der Waals surface area (Å²) in [6, 6.07) is 0. The standard InChI is InChI=1S/C58H78O14/c1-51(2,3)29-47(65)71-41-27-55(9)39(37-13-11-33-25-35(59)17-21-53(33,7)49(37)41)19-23-57(55,67)43(61)31-69-45(63)15-16-46(64)70-32-44(62)58(68)24-20-40-38-14-12-34-26-36(60)18-22-54(34,8)50(38)42(28-56(40,58)10)72-48(66)30-52(4,5)6/h17-18,21-22,25-26,37-42,49-50,67-68H,11-16,19-20,23-24,27-32H2,1-10H3/t37-,38-,39-,40-,41?,42?,49+,50+,53-,54-,55-,56-,57-,58-/m0/s1. The van der Waals surface area contributed by atoms with Gasteiger partial charge in [0.05, 0.1) is 25.7 Å². The number of aliphatic hydroxyl groups is 2. The number of hydrogen-bond donors (Lipinski definition) is 2. The summed E-state index contributed by atoms with van der Waals surface area (Å²) in [4.78, 5) is 106. The van der Waals surface area contributed by atoms with Gasteiger partial charge in [0.25, 0.3) is 0 Å². The van der Waals surface area contributed by atoms with Gasteiger partial charge in [0.2, 0.25) is 11.6 Å². The second-order valence-corrected chi connectivity index (χ2v) is 26.3. The minimum Gasteiger partial charge on any atom is -0.462 e. The highest BCUT2D eigenvalue weighted by Crippen LogP contribution is 2.69. The number of rotatable bonds is 13. The van der Waals surface area contributed by atoms with Crippen LogP contribution in [0.3, 0.4) is 0 Å². The van der Waals surface area contributed by atoms with Gasteiger partial charge in [0.1, 0.15) is 23.4 Å². The fourth-order valence-electron chi connectivity index (χ4n) is 15.9. The Kier molecular flexibility index (Phi) is 13.9. The van der Waals surface area contributed by atoms with Gasteiger partial charge in [-0.25, -0.2) is 0 Å².